The van der Waals surface area contributed by atoms with Gasteiger partial charge < -0.3 is 5.32 Å². The monoisotopic (exact) mass is 267 g/mol. The lowest BCUT2D eigenvalue weighted by molar-refractivity contribution is -0.423. The van der Waals surface area contributed by atoms with E-state index in [9.17, 15) is 25.0 Å². The van der Waals surface area contributed by atoms with E-state index in [0.29, 0.717) is 0 Å². The Bertz CT molecular complexity index is 568. The zero-order valence-corrected chi connectivity index (χ0v) is 10.7. The molecular weight excluding hydrogens is 254 g/mol. The maximum Gasteiger partial charge on any atom is 0.351 e. The maximum atomic E-state index is 11.1. The van der Waals surface area contributed by atoms with Gasteiger partial charge in [-0.2, -0.15) is 0 Å². The van der Waals surface area contributed by atoms with E-state index >= 15 is 0 Å². The predicted octanol–water partition coefficient (Wildman–Crippen LogP) is 2.33. The van der Waals surface area contributed by atoms with Crippen LogP contribution in [0.1, 0.15) is 25.0 Å². The number of rotatable bonds is 4. The Morgan fingerprint density at radius 1 is 1.26 bits per heavy atom. The summed E-state index contributed by atoms with van der Waals surface area (Å²) in [6.45, 7) is 4.28. The molecule has 0 heterocycles. The molecule has 0 aliphatic carbocycles. The fourth-order valence-electron chi connectivity index (χ4n) is 1.82. The van der Waals surface area contributed by atoms with Crippen LogP contribution in [0.2, 0.25) is 0 Å². The predicted molar refractivity (Wildman–Crippen MR) is 68.2 cm³/mol. The number of nitrogens with zero attached hydrogens (tertiary/aromatic N) is 2. The van der Waals surface area contributed by atoms with Crippen molar-refractivity contribution in [2.24, 2.45) is 0 Å². The fourth-order valence-corrected chi connectivity index (χ4v) is 1.82. The topological polar surface area (TPSA) is 115 Å². The molecule has 0 atom stereocenters. The van der Waals surface area contributed by atoms with Crippen molar-refractivity contribution in [2.75, 3.05) is 5.32 Å². The summed E-state index contributed by atoms with van der Waals surface area (Å²) < 4.78 is 0. The van der Waals surface area contributed by atoms with Crippen LogP contribution in [0, 0.1) is 27.2 Å². The minimum Gasteiger partial charge on any atom is -0.326 e. The summed E-state index contributed by atoms with van der Waals surface area (Å²) in [5.41, 5.74) is -0.580. The molecule has 8 heteroatoms. The first-order valence-electron chi connectivity index (χ1n) is 5.52. The van der Waals surface area contributed by atoms with Gasteiger partial charge in [0.1, 0.15) is 0 Å². The summed E-state index contributed by atoms with van der Waals surface area (Å²) >= 11 is 0. The van der Waals surface area contributed by atoms with E-state index in [1.165, 1.54) is 19.9 Å². The van der Waals surface area contributed by atoms with Crippen LogP contribution in [-0.4, -0.2) is 15.8 Å². The molecule has 0 radical (unpaired) electrons. The van der Waals surface area contributed by atoms with Gasteiger partial charge in [-0.3, -0.25) is 25.0 Å². The quantitative estimate of drug-likeness (QED) is 0.663. The number of amides is 1. The third kappa shape index (κ3) is 2.84. The summed E-state index contributed by atoms with van der Waals surface area (Å²) in [6, 6.07) is 1.40. The molecule has 1 aromatic carbocycles. The summed E-state index contributed by atoms with van der Waals surface area (Å²) in [4.78, 5) is 31.5. The van der Waals surface area contributed by atoms with Gasteiger partial charge in [0.25, 0.3) is 0 Å². The second-order valence-corrected chi connectivity index (χ2v) is 3.95. The Labute approximate surface area is 108 Å². The Morgan fingerprint density at radius 3 is 2.16 bits per heavy atom. The normalized spacial score (nSPS) is 10.1. The lowest BCUT2D eigenvalue weighted by atomic mass is 10.0. The average molecular weight is 267 g/mol. The molecule has 0 fully saturated rings. The highest BCUT2D eigenvalue weighted by Gasteiger charge is 2.32. The van der Waals surface area contributed by atoms with Crippen molar-refractivity contribution < 1.29 is 14.6 Å². The van der Waals surface area contributed by atoms with Crippen molar-refractivity contribution in [1.29, 1.82) is 0 Å². The minimum absolute atomic E-state index is 0.0732. The second kappa shape index (κ2) is 5.42. The van der Waals surface area contributed by atoms with Crippen molar-refractivity contribution in [3.8, 4) is 0 Å². The second-order valence-electron chi connectivity index (χ2n) is 3.95. The zero-order chi connectivity index (χ0) is 14.7. The molecule has 0 saturated heterocycles. The van der Waals surface area contributed by atoms with Crippen molar-refractivity contribution in [3.63, 3.8) is 0 Å². The van der Waals surface area contributed by atoms with Crippen LogP contribution in [0.4, 0.5) is 17.1 Å². The molecule has 0 aliphatic heterocycles. The Balaban J connectivity index is 3.67. The zero-order valence-electron chi connectivity index (χ0n) is 10.7. The van der Waals surface area contributed by atoms with Gasteiger partial charge in [-0.05, 0) is 19.4 Å². The van der Waals surface area contributed by atoms with E-state index in [1.54, 1.807) is 6.92 Å². The van der Waals surface area contributed by atoms with E-state index < -0.39 is 27.1 Å². The first kappa shape index (κ1) is 14.6. The first-order chi connectivity index (χ1) is 8.79. The molecule has 102 valence electrons. The highest BCUT2D eigenvalue weighted by molar-refractivity contribution is 5.91. The van der Waals surface area contributed by atoms with E-state index in [1.807, 2.05) is 0 Å². The molecule has 0 spiro atoms. The molecule has 8 nitrogen and oxygen atoms in total. The van der Waals surface area contributed by atoms with Gasteiger partial charge in [0.15, 0.2) is 0 Å². The van der Waals surface area contributed by atoms with Crippen molar-refractivity contribution in [2.45, 2.75) is 27.2 Å². The lowest BCUT2D eigenvalue weighted by Gasteiger charge is -2.10. The molecule has 0 saturated carbocycles. The SMILES string of the molecule is CCc1cc(NC(C)=O)c(C)c([N+](=O)[O-])c1[N+](=O)[O-]. The molecule has 1 aromatic rings. The molecule has 1 amide bonds. The molecule has 0 bridgehead atoms. The van der Waals surface area contributed by atoms with Gasteiger partial charge in [0.05, 0.1) is 21.1 Å². The molecule has 19 heavy (non-hydrogen) atoms. The molecule has 0 aliphatic rings. The molecule has 0 aromatic heterocycles. The number of carbonyl (C=O) groups excluding carboxylic acids is 1. The number of aryl methyl sites for hydroxylation is 1. The van der Waals surface area contributed by atoms with Crippen LogP contribution < -0.4 is 5.32 Å². The highest BCUT2D eigenvalue weighted by Crippen LogP contribution is 2.38. The van der Waals surface area contributed by atoms with Crippen molar-refractivity contribution in [3.05, 3.63) is 37.4 Å². The van der Waals surface area contributed by atoms with E-state index in [-0.39, 0.29) is 23.2 Å². The standard InChI is InChI=1S/C11H13N3O5/c1-4-8-5-9(12-7(3)15)6(2)10(13(16)17)11(8)14(18)19/h5H,4H2,1-3H3,(H,12,15). The number of nitrogens with one attached hydrogen (secondary N) is 1. The fraction of sp³-hybridized carbons (Fsp3) is 0.364. The molecule has 0 unspecified atom stereocenters. The molecule has 1 N–H and O–H groups in total. The third-order valence-electron chi connectivity index (χ3n) is 2.66. The highest BCUT2D eigenvalue weighted by atomic mass is 16.6. The smallest absolute Gasteiger partial charge is 0.326 e. The van der Waals surface area contributed by atoms with Gasteiger partial charge in [-0.25, -0.2) is 0 Å². The number of carbonyl (C=O) groups is 1. The number of hydrogen-bond donors (Lipinski definition) is 1. The van der Waals surface area contributed by atoms with Crippen molar-refractivity contribution in [1.82, 2.24) is 0 Å². The van der Waals surface area contributed by atoms with E-state index in [2.05, 4.69) is 5.32 Å². The third-order valence-corrected chi connectivity index (χ3v) is 2.66. The summed E-state index contributed by atoms with van der Waals surface area (Å²) in [5.74, 6) is -0.395. The summed E-state index contributed by atoms with van der Waals surface area (Å²) in [7, 11) is 0. The largest absolute Gasteiger partial charge is 0.351 e. The molecule has 1 rings (SSSR count). The Morgan fingerprint density at radius 2 is 1.79 bits per heavy atom. The van der Waals surface area contributed by atoms with E-state index in [0.717, 1.165) is 0 Å². The summed E-state index contributed by atoms with van der Waals surface area (Å²) in [5, 5.41) is 24.5. The van der Waals surface area contributed by atoms with Gasteiger partial charge in [0, 0.05) is 12.5 Å². The number of nitro benzene ring substituents is 2. The van der Waals surface area contributed by atoms with Crippen LogP contribution in [0.3, 0.4) is 0 Å². The van der Waals surface area contributed by atoms with Crippen molar-refractivity contribution >= 4 is 23.0 Å². The Kier molecular flexibility index (Phi) is 4.15. The number of anilines is 1. The maximum absolute atomic E-state index is 11.1. The van der Waals surface area contributed by atoms with Crippen LogP contribution in [0.25, 0.3) is 0 Å². The first-order valence-corrected chi connectivity index (χ1v) is 5.52. The molecular formula is C11H13N3O5. The van der Waals surface area contributed by atoms with Gasteiger partial charge in [-0.15, -0.1) is 0 Å². The van der Waals surface area contributed by atoms with Crippen LogP contribution in [0.15, 0.2) is 6.07 Å². The minimum atomic E-state index is -0.794. The Hall–Kier alpha value is -2.51. The van der Waals surface area contributed by atoms with Gasteiger partial charge >= 0.3 is 11.4 Å². The number of hydrogen-bond acceptors (Lipinski definition) is 5. The van der Waals surface area contributed by atoms with Crippen LogP contribution in [0.5, 0.6) is 0 Å². The van der Waals surface area contributed by atoms with E-state index in [4.69, 9.17) is 0 Å². The van der Waals surface area contributed by atoms with Crippen LogP contribution in [-0.2, 0) is 11.2 Å². The number of nitro groups is 2. The summed E-state index contributed by atoms with van der Waals surface area (Å²) in [6.07, 6.45) is 0.254. The van der Waals surface area contributed by atoms with Gasteiger partial charge in [0.2, 0.25) is 5.91 Å². The van der Waals surface area contributed by atoms with Crippen LogP contribution >= 0.6 is 0 Å². The lowest BCUT2D eigenvalue weighted by Crippen LogP contribution is -2.11. The number of benzene rings is 1. The average Bonchev–Trinajstić information content (AvgIpc) is 2.29. The van der Waals surface area contributed by atoms with Gasteiger partial charge in [-0.1, -0.05) is 6.92 Å².